The summed E-state index contributed by atoms with van der Waals surface area (Å²) in [6, 6.07) is 18.9. The fourth-order valence-electron chi connectivity index (χ4n) is 3.50. The van der Waals surface area contributed by atoms with Gasteiger partial charge in [0.25, 0.3) is 0 Å². The lowest BCUT2D eigenvalue weighted by atomic mass is 10.0. The van der Waals surface area contributed by atoms with Gasteiger partial charge in [-0.2, -0.15) is 5.10 Å². The zero-order valence-electron chi connectivity index (χ0n) is 17.2. The van der Waals surface area contributed by atoms with E-state index >= 15 is 0 Å². The molecule has 5 heteroatoms. The molecule has 0 radical (unpaired) electrons. The molecule has 4 rings (SSSR count). The van der Waals surface area contributed by atoms with Gasteiger partial charge < -0.3 is 5.32 Å². The lowest BCUT2D eigenvalue weighted by molar-refractivity contribution is 0.768. The van der Waals surface area contributed by atoms with E-state index in [1.54, 1.807) is 0 Å². The molecular formula is C24H25N5. The number of nitrogens with zero attached hydrogens (tertiary/aromatic N) is 4. The molecule has 0 bridgehead atoms. The highest BCUT2D eigenvalue weighted by molar-refractivity contribution is 5.66. The van der Waals surface area contributed by atoms with Crippen LogP contribution in [0.4, 0.5) is 5.82 Å². The first kappa shape index (κ1) is 18.9. The summed E-state index contributed by atoms with van der Waals surface area (Å²) in [5.41, 5.74) is 6.74. The van der Waals surface area contributed by atoms with Crippen molar-refractivity contribution in [2.24, 2.45) is 7.05 Å². The molecule has 2 aromatic heterocycles. The Kier molecular flexibility index (Phi) is 5.12. The van der Waals surface area contributed by atoms with E-state index in [1.165, 1.54) is 11.1 Å². The van der Waals surface area contributed by atoms with Crippen LogP contribution in [0.5, 0.6) is 0 Å². The maximum Gasteiger partial charge on any atom is 0.130 e. The van der Waals surface area contributed by atoms with E-state index in [0.717, 1.165) is 34.0 Å². The highest BCUT2D eigenvalue weighted by Gasteiger charge is 2.11. The summed E-state index contributed by atoms with van der Waals surface area (Å²) >= 11 is 0. The maximum absolute atomic E-state index is 4.64. The Bertz CT molecular complexity index is 1150. The van der Waals surface area contributed by atoms with Gasteiger partial charge in [0.05, 0.1) is 11.9 Å². The van der Waals surface area contributed by atoms with Crippen molar-refractivity contribution in [1.82, 2.24) is 19.7 Å². The highest BCUT2D eigenvalue weighted by atomic mass is 15.2. The molecule has 0 aliphatic rings. The molecule has 29 heavy (non-hydrogen) atoms. The molecular weight excluding hydrogens is 358 g/mol. The van der Waals surface area contributed by atoms with Crippen LogP contribution in [0.1, 0.15) is 29.9 Å². The summed E-state index contributed by atoms with van der Waals surface area (Å²) in [4.78, 5) is 9.24. The maximum atomic E-state index is 4.64. The second kappa shape index (κ2) is 7.87. The molecule has 2 heterocycles. The molecule has 0 amide bonds. The van der Waals surface area contributed by atoms with Crippen molar-refractivity contribution in [1.29, 1.82) is 0 Å². The third-order valence-corrected chi connectivity index (χ3v) is 5.05. The molecule has 146 valence electrons. The van der Waals surface area contributed by atoms with Crippen LogP contribution in [0.25, 0.3) is 22.4 Å². The van der Waals surface area contributed by atoms with Gasteiger partial charge in [0, 0.05) is 36.5 Å². The highest BCUT2D eigenvalue weighted by Crippen LogP contribution is 2.27. The molecule has 1 N–H and O–H groups in total. The quantitative estimate of drug-likeness (QED) is 0.506. The minimum Gasteiger partial charge on any atom is -0.363 e. The first-order valence-corrected chi connectivity index (χ1v) is 9.77. The lowest BCUT2D eigenvalue weighted by Crippen LogP contribution is -2.09. The fourth-order valence-corrected chi connectivity index (χ4v) is 3.50. The van der Waals surface area contributed by atoms with Gasteiger partial charge in [-0.05, 0) is 43.5 Å². The molecule has 0 fully saturated rings. The van der Waals surface area contributed by atoms with Gasteiger partial charge in [-0.1, -0.05) is 42.5 Å². The molecule has 1 atom stereocenters. The van der Waals surface area contributed by atoms with Gasteiger partial charge in [-0.15, -0.1) is 0 Å². The molecule has 0 saturated heterocycles. The number of aryl methyl sites for hydroxylation is 3. The third-order valence-electron chi connectivity index (χ3n) is 5.05. The summed E-state index contributed by atoms with van der Waals surface area (Å²) in [6.07, 6.45) is 3.92. The molecule has 2 aromatic carbocycles. The second-order valence-corrected chi connectivity index (χ2v) is 7.39. The fraction of sp³-hybridized carbons (Fsp3) is 0.208. The average Bonchev–Trinajstić information content (AvgIpc) is 3.14. The number of hydrogen-bond acceptors (Lipinski definition) is 4. The van der Waals surface area contributed by atoms with E-state index in [0.29, 0.717) is 0 Å². The van der Waals surface area contributed by atoms with Crippen LogP contribution in [-0.4, -0.2) is 19.7 Å². The van der Waals surface area contributed by atoms with E-state index in [9.17, 15) is 0 Å². The number of nitrogens with one attached hydrogen (secondary N) is 1. The minimum absolute atomic E-state index is 0.102. The zero-order chi connectivity index (χ0) is 20.4. The Morgan fingerprint density at radius 2 is 1.76 bits per heavy atom. The minimum atomic E-state index is 0.102. The van der Waals surface area contributed by atoms with Gasteiger partial charge >= 0.3 is 0 Å². The average molecular weight is 383 g/mol. The van der Waals surface area contributed by atoms with Crippen LogP contribution < -0.4 is 5.32 Å². The van der Waals surface area contributed by atoms with Crippen molar-refractivity contribution in [3.8, 4) is 22.4 Å². The van der Waals surface area contributed by atoms with Gasteiger partial charge in [0.2, 0.25) is 0 Å². The molecule has 0 aliphatic carbocycles. The topological polar surface area (TPSA) is 55.6 Å². The van der Waals surface area contributed by atoms with Crippen LogP contribution in [0.3, 0.4) is 0 Å². The molecule has 0 saturated carbocycles. The van der Waals surface area contributed by atoms with Crippen molar-refractivity contribution in [3.63, 3.8) is 0 Å². The zero-order valence-corrected chi connectivity index (χ0v) is 17.2. The third kappa shape index (κ3) is 4.19. The number of aromatic nitrogens is 4. The predicted octanol–water partition coefficient (Wildman–Crippen LogP) is 5.33. The number of hydrogen-bond donors (Lipinski definition) is 1. The summed E-state index contributed by atoms with van der Waals surface area (Å²) in [5, 5.41) is 7.82. The molecule has 0 spiro atoms. The second-order valence-electron chi connectivity index (χ2n) is 7.39. The van der Waals surface area contributed by atoms with Crippen molar-refractivity contribution in [3.05, 3.63) is 83.9 Å². The van der Waals surface area contributed by atoms with Crippen molar-refractivity contribution in [2.45, 2.75) is 26.8 Å². The first-order chi connectivity index (χ1) is 14.0. The summed E-state index contributed by atoms with van der Waals surface area (Å²) in [5.74, 6) is 1.58. The Labute approximate surface area is 171 Å². The van der Waals surface area contributed by atoms with Crippen LogP contribution in [0.15, 0.2) is 67.0 Å². The smallest absolute Gasteiger partial charge is 0.130 e. The molecule has 0 aliphatic heterocycles. The predicted molar refractivity (Wildman–Crippen MR) is 118 cm³/mol. The van der Waals surface area contributed by atoms with Crippen molar-refractivity contribution < 1.29 is 0 Å². The summed E-state index contributed by atoms with van der Waals surface area (Å²) in [7, 11) is 1.93. The Hall–Kier alpha value is -3.47. The van der Waals surface area contributed by atoms with Gasteiger partial charge in [0.1, 0.15) is 11.6 Å². The molecule has 4 aromatic rings. The summed E-state index contributed by atoms with van der Waals surface area (Å²) in [6.45, 7) is 6.18. The van der Waals surface area contributed by atoms with E-state index in [4.69, 9.17) is 0 Å². The number of anilines is 1. The first-order valence-electron chi connectivity index (χ1n) is 9.77. The molecule has 5 nitrogen and oxygen atoms in total. The normalized spacial score (nSPS) is 12.0. The largest absolute Gasteiger partial charge is 0.363 e. The van der Waals surface area contributed by atoms with Gasteiger partial charge in [-0.3, -0.25) is 4.68 Å². The van der Waals surface area contributed by atoms with Crippen molar-refractivity contribution in [2.75, 3.05) is 5.32 Å². The van der Waals surface area contributed by atoms with Crippen LogP contribution in [0, 0.1) is 13.8 Å². The standard InChI is InChI=1S/C24H25N5/c1-16-8-5-6-11-22(16)23-13-24(28-18(3)27-23)26-17(2)19-9-7-10-20(12-19)21-14-25-29(4)15-21/h5-15,17H,1-4H3,(H,26,27,28). The SMILES string of the molecule is Cc1nc(NC(C)c2cccc(-c3cnn(C)c3)c2)cc(-c2ccccc2C)n1. The lowest BCUT2D eigenvalue weighted by Gasteiger charge is -2.17. The van der Waals surface area contributed by atoms with E-state index in [1.807, 2.05) is 49.2 Å². The van der Waals surface area contributed by atoms with Crippen LogP contribution in [0.2, 0.25) is 0 Å². The Morgan fingerprint density at radius 1 is 0.931 bits per heavy atom. The van der Waals surface area contributed by atoms with Crippen molar-refractivity contribution >= 4 is 5.82 Å². The van der Waals surface area contributed by atoms with E-state index in [2.05, 4.69) is 70.6 Å². The Morgan fingerprint density at radius 3 is 2.52 bits per heavy atom. The van der Waals surface area contributed by atoms with Crippen LogP contribution >= 0.6 is 0 Å². The number of benzene rings is 2. The summed E-state index contributed by atoms with van der Waals surface area (Å²) < 4.78 is 1.82. The van der Waals surface area contributed by atoms with E-state index in [-0.39, 0.29) is 6.04 Å². The van der Waals surface area contributed by atoms with Gasteiger partial charge in [-0.25, -0.2) is 9.97 Å². The number of rotatable bonds is 5. The van der Waals surface area contributed by atoms with Gasteiger partial charge in [0.15, 0.2) is 0 Å². The monoisotopic (exact) mass is 383 g/mol. The Balaban J connectivity index is 1.60. The van der Waals surface area contributed by atoms with Crippen LogP contribution in [-0.2, 0) is 7.05 Å². The van der Waals surface area contributed by atoms with E-state index < -0.39 is 0 Å². The molecule has 1 unspecified atom stereocenters.